The molecule has 0 aliphatic carbocycles. The summed E-state index contributed by atoms with van der Waals surface area (Å²) in [6.07, 6.45) is 0.335. The van der Waals surface area contributed by atoms with Crippen LogP contribution in [-0.2, 0) is 14.6 Å². The van der Waals surface area contributed by atoms with E-state index in [1.807, 2.05) is 5.38 Å². The van der Waals surface area contributed by atoms with Crippen LogP contribution in [0, 0.1) is 20.8 Å². The fraction of sp³-hybridized carbons (Fsp3) is 0.304. The van der Waals surface area contributed by atoms with E-state index in [9.17, 15) is 13.2 Å². The molecule has 1 amide bonds. The van der Waals surface area contributed by atoms with Crippen molar-refractivity contribution < 1.29 is 17.9 Å². The lowest BCUT2D eigenvalue weighted by molar-refractivity contribution is -0.116. The van der Waals surface area contributed by atoms with Crippen LogP contribution >= 0.6 is 11.3 Å². The molecule has 3 rings (SSSR count). The molecule has 0 radical (unpaired) electrons. The summed E-state index contributed by atoms with van der Waals surface area (Å²) in [5.41, 5.74) is 5.39. The summed E-state index contributed by atoms with van der Waals surface area (Å²) in [5.74, 6) is 0.248. The Morgan fingerprint density at radius 1 is 1.10 bits per heavy atom. The van der Waals surface area contributed by atoms with Gasteiger partial charge < -0.3 is 10.1 Å². The van der Waals surface area contributed by atoms with E-state index in [2.05, 4.69) is 43.2 Å². The highest BCUT2D eigenvalue weighted by Gasteiger charge is 2.16. The van der Waals surface area contributed by atoms with Gasteiger partial charge in [-0.25, -0.2) is 13.4 Å². The molecule has 31 heavy (non-hydrogen) atoms. The smallest absolute Gasteiger partial charge is 0.226 e. The van der Waals surface area contributed by atoms with Crippen molar-refractivity contribution in [3.05, 3.63) is 58.5 Å². The predicted octanol–water partition coefficient (Wildman–Crippen LogP) is 4.94. The zero-order valence-electron chi connectivity index (χ0n) is 18.1. The first kappa shape index (κ1) is 23.0. The number of thiazole rings is 1. The number of nitrogens with one attached hydrogen (secondary N) is 1. The van der Waals surface area contributed by atoms with Crippen molar-refractivity contribution in [2.24, 2.45) is 0 Å². The van der Waals surface area contributed by atoms with Gasteiger partial charge in [0.1, 0.15) is 5.75 Å². The fourth-order valence-electron chi connectivity index (χ4n) is 3.54. The number of ether oxygens (including phenoxy) is 1. The number of anilines is 1. The first-order valence-corrected chi connectivity index (χ1v) is 12.4. The van der Waals surface area contributed by atoms with Crippen LogP contribution < -0.4 is 10.1 Å². The zero-order chi connectivity index (χ0) is 22.6. The van der Waals surface area contributed by atoms with E-state index in [4.69, 9.17) is 4.74 Å². The number of nitrogens with zero attached hydrogens (tertiary/aromatic N) is 1. The maximum atomic E-state index is 12.4. The number of carbonyl (C=O) groups excluding carboxylic acids is 1. The summed E-state index contributed by atoms with van der Waals surface area (Å²) in [5, 5.41) is 5.22. The quantitative estimate of drug-likeness (QED) is 0.517. The van der Waals surface area contributed by atoms with Gasteiger partial charge in [-0.2, -0.15) is 0 Å². The van der Waals surface area contributed by atoms with Gasteiger partial charge in [-0.3, -0.25) is 4.79 Å². The largest absolute Gasteiger partial charge is 0.497 e. The summed E-state index contributed by atoms with van der Waals surface area (Å²) in [6.45, 7) is 6.16. The SMILES string of the molecule is COc1ccc(S(=O)(=O)CCCC(=O)Nc2nc(-c3c(C)cc(C)cc3C)cs2)cc1. The lowest BCUT2D eigenvalue weighted by Crippen LogP contribution is -2.14. The monoisotopic (exact) mass is 458 g/mol. The van der Waals surface area contributed by atoms with Crippen molar-refractivity contribution in [3.8, 4) is 17.0 Å². The first-order chi connectivity index (χ1) is 14.7. The third-order valence-corrected chi connectivity index (χ3v) is 7.49. The minimum atomic E-state index is -3.45. The molecule has 0 spiro atoms. The summed E-state index contributed by atoms with van der Waals surface area (Å²) in [7, 11) is -1.92. The molecule has 1 N–H and O–H groups in total. The van der Waals surface area contributed by atoms with E-state index in [0.29, 0.717) is 10.9 Å². The molecule has 0 fully saturated rings. The molecule has 0 saturated heterocycles. The van der Waals surface area contributed by atoms with E-state index in [1.165, 1.54) is 36.1 Å². The number of amides is 1. The zero-order valence-corrected chi connectivity index (χ0v) is 19.7. The Kier molecular flexibility index (Phi) is 7.12. The molecule has 2 aromatic carbocycles. The van der Waals surface area contributed by atoms with Crippen molar-refractivity contribution in [3.63, 3.8) is 0 Å². The third kappa shape index (κ3) is 5.71. The highest BCUT2D eigenvalue weighted by molar-refractivity contribution is 7.91. The topological polar surface area (TPSA) is 85.4 Å². The van der Waals surface area contributed by atoms with E-state index in [-0.39, 0.29) is 29.4 Å². The number of methoxy groups -OCH3 is 1. The van der Waals surface area contributed by atoms with E-state index in [1.54, 1.807) is 12.1 Å². The second-order valence-electron chi connectivity index (χ2n) is 7.46. The average Bonchev–Trinajstić information content (AvgIpc) is 3.14. The molecule has 6 nitrogen and oxygen atoms in total. The minimum absolute atomic E-state index is 0.0996. The van der Waals surface area contributed by atoms with Crippen LogP contribution in [0.15, 0.2) is 46.7 Å². The summed E-state index contributed by atoms with van der Waals surface area (Å²) in [6, 6.07) is 10.5. The molecule has 1 heterocycles. The van der Waals surface area contributed by atoms with E-state index in [0.717, 1.165) is 22.4 Å². The van der Waals surface area contributed by atoms with Gasteiger partial charge in [0, 0.05) is 17.4 Å². The first-order valence-electron chi connectivity index (χ1n) is 9.90. The number of aromatic nitrogens is 1. The van der Waals surface area contributed by atoms with Crippen molar-refractivity contribution in [2.45, 2.75) is 38.5 Å². The third-order valence-electron chi connectivity index (χ3n) is 4.92. The van der Waals surface area contributed by atoms with Gasteiger partial charge >= 0.3 is 0 Å². The number of hydrogen-bond donors (Lipinski definition) is 1. The van der Waals surface area contributed by atoms with Crippen LogP contribution in [0.3, 0.4) is 0 Å². The van der Waals surface area contributed by atoms with E-state index >= 15 is 0 Å². The number of aryl methyl sites for hydroxylation is 3. The molecule has 0 aliphatic heterocycles. The van der Waals surface area contributed by atoms with Crippen LogP contribution in [-0.4, -0.2) is 32.2 Å². The maximum absolute atomic E-state index is 12.4. The van der Waals surface area contributed by atoms with Crippen molar-refractivity contribution in [1.29, 1.82) is 0 Å². The molecule has 164 valence electrons. The fourth-order valence-corrected chi connectivity index (χ4v) is 5.56. The molecule has 3 aromatic rings. The van der Waals surface area contributed by atoms with Gasteiger partial charge in [-0.05, 0) is 62.6 Å². The summed E-state index contributed by atoms with van der Waals surface area (Å²) < 4.78 is 29.9. The number of carbonyl (C=O) groups is 1. The van der Waals surface area contributed by atoms with Gasteiger partial charge in [0.2, 0.25) is 5.91 Å². The standard InChI is InChI=1S/C23H26N2O4S2/c1-15-12-16(2)22(17(3)13-15)20-14-30-23(24-20)25-21(26)6-5-11-31(27,28)19-9-7-18(29-4)8-10-19/h7-10,12-14H,5-6,11H2,1-4H3,(H,24,25,26). The highest BCUT2D eigenvalue weighted by atomic mass is 32.2. The molecular formula is C23H26N2O4S2. The maximum Gasteiger partial charge on any atom is 0.226 e. The Balaban J connectivity index is 1.57. The lowest BCUT2D eigenvalue weighted by Gasteiger charge is -2.08. The van der Waals surface area contributed by atoms with Gasteiger partial charge in [0.25, 0.3) is 0 Å². The second-order valence-corrected chi connectivity index (χ2v) is 10.4. The summed E-state index contributed by atoms with van der Waals surface area (Å²) >= 11 is 1.36. The van der Waals surface area contributed by atoms with E-state index < -0.39 is 9.84 Å². The summed E-state index contributed by atoms with van der Waals surface area (Å²) in [4.78, 5) is 17.1. The van der Waals surface area contributed by atoms with Crippen molar-refractivity contribution in [2.75, 3.05) is 18.2 Å². The van der Waals surface area contributed by atoms with Crippen LogP contribution in [0.5, 0.6) is 5.75 Å². The molecule has 0 unspecified atom stereocenters. The van der Waals surface area contributed by atoms with Gasteiger partial charge in [0.15, 0.2) is 15.0 Å². The lowest BCUT2D eigenvalue weighted by atomic mass is 9.98. The molecule has 8 heteroatoms. The van der Waals surface area contributed by atoms with Gasteiger partial charge in [-0.15, -0.1) is 11.3 Å². The normalized spacial score (nSPS) is 11.4. The Hall–Kier alpha value is -2.71. The molecule has 0 saturated carbocycles. The van der Waals surface area contributed by atoms with Crippen LogP contribution in [0.2, 0.25) is 0 Å². The number of benzene rings is 2. The van der Waals surface area contributed by atoms with Gasteiger partial charge in [0.05, 0.1) is 23.5 Å². The number of hydrogen-bond acceptors (Lipinski definition) is 6. The number of rotatable bonds is 8. The van der Waals surface area contributed by atoms with Crippen LogP contribution in [0.1, 0.15) is 29.5 Å². The van der Waals surface area contributed by atoms with Crippen molar-refractivity contribution >= 4 is 32.2 Å². The Labute approximate surface area is 187 Å². The Bertz CT molecular complexity index is 1160. The molecular weight excluding hydrogens is 432 g/mol. The van der Waals surface area contributed by atoms with Crippen LogP contribution in [0.4, 0.5) is 5.13 Å². The molecule has 1 aromatic heterocycles. The van der Waals surface area contributed by atoms with Gasteiger partial charge in [-0.1, -0.05) is 17.7 Å². The Morgan fingerprint density at radius 3 is 2.35 bits per heavy atom. The highest BCUT2D eigenvalue weighted by Crippen LogP contribution is 2.31. The molecule has 0 aliphatic rings. The average molecular weight is 459 g/mol. The second kappa shape index (κ2) is 9.62. The van der Waals surface area contributed by atoms with Crippen molar-refractivity contribution in [1.82, 2.24) is 4.98 Å². The molecule has 0 bridgehead atoms. The molecule has 0 atom stereocenters. The Morgan fingerprint density at radius 2 is 1.74 bits per heavy atom. The predicted molar refractivity (Wildman–Crippen MR) is 125 cm³/mol. The minimum Gasteiger partial charge on any atom is -0.497 e. The number of sulfone groups is 1. The van der Waals surface area contributed by atoms with Crippen LogP contribution in [0.25, 0.3) is 11.3 Å².